The summed E-state index contributed by atoms with van der Waals surface area (Å²) in [7, 11) is 0. The summed E-state index contributed by atoms with van der Waals surface area (Å²) in [5, 5.41) is 3.45. The second-order valence-corrected chi connectivity index (χ2v) is 20.4. The van der Waals surface area contributed by atoms with Crippen LogP contribution in [0.15, 0.2) is 142 Å². The van der Waals surface area contributed by atoms with Crippen molar-refractivity contribution >= 4 is 55.0 Å². The van der Waals surface area contributed by atoms with Gasteiger partial charge in [0.25, 0.3) is 0 Å². The van der Waals surface area contributed by atoms with Gasteiger partial charge in [0.15, 0.2) is 5.89 Å². The largest absolute Gasteiger partial charge is 0.487 e. The SMILES string of the molecule is CC(C)(C)c1ccnc(-c2[c-]cccc2)c1.[2H]C([2H])([2H])c1ccc2c(n1)oc1c(-c3nc4ccc5ccccc5c4n3-c3c(C(C)C)cc(-c4ccccc4)cc3C(C)C)[c-]c3nc(C(C)(C)C)oc3c12.[Ir]. The average Bonchev–Trinajstić information content (AvgIpc) is 4.07. The third-order valence-electron chi connectivity index (χ3n) is 12.6. The van der Waals surface area contributed by atoms with Crippen molar-refractivity contribution in [2.45, 2.75) is 98.8 Å². The first-order valence-electron chi connectivity index (χ1n) is 24.9. The van der Waals surface area contributed by atoms with Gasteiger partial charge >= 0.3 is 0 Å². The fraction of sp³-hybridized carbons (Fsp3) is 0.246. The maximum Gasteiger partial charge on any atom is 0.216 e. The van der Waals surface area contributed by atoms with E-state index in [4.69, 9.17) is 22.9 Å². The molecule has 0 N–H and O–H groups in total. The predicted molar refractivity (Wildman–Crippen MR) is 280 cm³/mol. The summed E-state index contributed by atoms with van der Waals surface area (Å²) in [5.74, 6) is 1.49. The Morgan fingerprint density at radius 1 is 0.667 bits per heavy atom. The number of fused-ring (bicyclic) bond motifs is 8. The van der Waals surface area contributed by atoms with Crippen LogP contribution in [0.2, 0.25) is 0 Å². The summed E-state index contributed by atoms with van der Waals surface area (Å²) < 4.78 is 39.7. The molecule has 0 bridgehead atoms. The van der Waals surface area contributed by atoms with Crippen LogP contribution in [0.3, 0.4) is 0 Å². The molecule has 69 heavy (non-hydrogen) atoms. The van der Waals surface area contributed by atoms with Gasteiger partial charge in [0, 0.05) is 63.5 Å². The molecule has 0 aliphatic carbocycles. The zero-order chi connectivity index (χ0) is 50.1. The van der Waals surface area contributed by atoms with Crippen LogP contribution in [-0.2, 0) is 30.9 Å². The molecule has 0 spiro atoms. The van der Waals surface area contributed by atoms with Crippen LogP contribution in [0.4, 0.5) is 0 Å². The van der Waals surface area contributed by atoms with Crippen LogP contribution >= 0.6 is 0 Å². The maximum absolute atomic E-state index is 8.07. The van der Waals surface area contributed by atoms with Gasteiger partial charge in [0.1, 0.15) is 0 Å². The molecule has 0 aliphatic heterocycles. The smallest absolute Gasteiger partial charge is 0.216 e. The van der Waals surface area contributed by atoms with Gasteiger partial charge < -0.3 is 18.4 Å². The third-order valence-corrected chi connectivity index (χ3v) is 12.6. The molecule has 0 aliphatic rings. The summed E-state index contributed by atoms with van der Waals surface area (Å²) in [5.41, 5.74) is 12.9. The summed E-state index contributed by atoms with van der Waals surface area (Å²) in [6, 6.07) is 50.0. The predicted octanol–water partition coefficient (Wildman–Crippen LogP) is 16.4. The van der Waals surface area contributed by atoms with Crippen molar-refractivity contribution in [3.8, 4) is 39.5 Å². The molecule has 5 aromatic heterocycles. The molecule has 11 aromatic rings. The van der Waals surface area contributed by atoms with E-state index in [1.807, 2.05) is 36.5 Å². The topological polar surface area (TPSA) is 82.8 Å². The first-order chi connectivity index (χ1) is 33.8. The molecule has 6 aromatic carbocycles. The Labute approximate surface area is 422 Å². The number of hydrogen-bond acceptors (Lipinski definition) is 6. The van der Waals surface area contributed by atoms with Crippen LogP contribution in [0.5, 0.6) is 0 Å². The normalized spacial score (nSPS) is 13.0. The molecule has 11 rings (SSSR count). The van der Waals surface area contributed by atoms with Gasteiger partial charge in [-0.05, 0) is 105 Å². The Balaban J connectivity index is 0.000000321. The monoisotopic (exact) mass is 1090 g/mol. The number of benzene rings is 6. The Morgan fingerprint density at radius 2 is 1.39 bits per heavy atom. The quantitative estimate of drug-likeness (QED) is 0.154. The third kappa shape index (κ3) is 8.81. The van der Waals surface area contributed by atoms with Gasteiger partial charge in [-0.15, -0.1) is 42.0 Å². The number of hydrogen-bond donors (Lipinski definition) is 0. The van der Waals surface area contributed by atoms with E-state index in [1.165, 1.54) is 22.8 Å². The van der Waals surface area contributed by atoms with E-state index in [1.54, 1.807) is 6.07 Å². The van der Waals surface area contributed by atoms with Gasteiger partial charge in [0.2, 0.25) is 5.71 Å². The molecular weight excluding hydrogens is 1030 g/mol. The summed E-state index contributed by atoms with van der Waals surface area (Å²) in [6.45, 7) is 19.3. The van der Waals surface area contributed by atoms with Gasteiger partial charge in [-0.2, -0.15) is 0 Å². The Morgan fingerprint density at radius 3 is 2.07 bits per heavy atom. The fourth-order valence-corrected chi connectivity index (χ4v) is 9.04. The van der Waals surface area contributed by atoms with E-state index < -0.39 is 12.3 Å². The van der Waals surface area contributed by atoms with Crippen molar-refractivity contribution in [1.29, 1.82) is 0 Å². The zero-order valence-electron chi connectivity index (χ0n) is 43.7. The van der Waals surface area contributed by atoms with Gasteiger partial charge in [-0.1, -0.05) is 142 Å². The van der Waals surface area contributed by atoms with Crippen molar-refractivity contribution in [3.05, 3.63) is 174 Å². The second kappa shape index (κ2) is 18.3. The van der Waals surface area contributed by atoms with E-state index in [0.717, 1.165) is 49.9 Å². The standard InChI is InChI=1S/C46H41N4O2.C15H16N.Ir/c1-25(2)33-22-30(28-14-10-9-11-15-28)23-34(26(3)4)39(33)50-40-31-17-13-12-16-29(31)19-21-36(40)48-43(50)35-24-37-42(52-45(49-37)46(6,7)8)38-32-20-18-27(5)47-44(32)51-41(35)38;1-15(2,3)13-9-10-16-14(11-13)12-7-5-4-6-8-12;/h9-23,25-26H,1-8H3;4-7,9-11H,1-3H3;/q2*-1;/i5D3;;. The van der Waals surface area contributed by atoms with Crippen molar-refractivity contribution in [2.75, 3.05) is 0 Å². The van der Waals surface area contributed by atoms with Crippen molar-refractivity contribution in [2.24, 2.45) is 0 Å². The second-order valence-electron chi connectivity index (χ2n) is 20.4. The number of imidazole rings is 1. The molecule has 0 fully saturated rings. The minimum Gasteiger partial charge on any atom is -0.487 e. The minimum atomic E-state index is -2.41. The first kappa shape index (κ1) is 43.5. The Bertz CT molecular complexity index is 3750. The van der Waals surface area contributed by atoms with Crippen LogP contribution in [0.25, 0.3) is 94.4 Å². The molecule has 0 saturated carbocycles. The molecule has 0 amide bonds. The maximum atomic E-state index is 8.07. The van der Waals surface area contributed by atoms with Crippen LogP contribution in [0, 0.1) is 19.0 Å². The van der Waals surface area contributed by atoms with Gasteiger partial charge in [-0.3, -0.25) is 4.98 Å². The average molecular weight is 1090 g/mol. The van der Waals surface area contributed by atoms with Crippen molar-refractivity contribution in [3.63, 3.8) is 0 Å². The minimum absolute atomic E-state index is 0. The Hall–Kier alpha value is -6.73. The number of aromatic nitrogens is 5. The van der Waals surface area contributed by atoms with Crippen LogP contribution in [-0.4, -0.2) is 24.5 Å². The molecule has 349 valence electrons. The summed E-state index contributed by atoms with van der Waals surface area (Å²) in [6.07, 6.45) is 1.87. The molecule has 0 unspecified atom stereocenters. The number of oxazole rings is 1. The molecule has 8 heteroatoms. The number of aryl methyl sites for hydroxylation is 1. The fourth-order valence-electron chi connectivity index (χ4n) is 9.04. The van der Waals surface area contributed by atoms with Crippen LogP contribution in [0.1, 0.15) is 113 Å². The zero-order valence-corrected chi connectivity index (χ0v) is 43.1. The van der Waals surface area contributed by atoms with E-state index in [9.17, 15) is 0 Å². The molecule has 0 atom stereocenters. The summed E-state index contributed by atoms with van der Waals surface area (Å²) in [4.78, 5) is 19.3. The van der Waals surface area contributed by atoms with Gasteiger partial charge in [-0.25, -0.2) is 9.97 Å². The number of furan rings is 1. The first-order valence-corrected chi connectivity index (χ1v) is 23.4. The van der Waals surface area contributed by atoms with Crippen molar-refractivity contribution in [1.82, 2.24) is 24.5 Å². The molecular formula is C61H57IrN5O2-2. The van der Waals surface area contributed by atoms with E-state index in [2.05, 4.69) is 181 Å². The molecule has 0 saturated heterocycles. The van der Waals surface area contributed by atoms with Crippen LogP contribution < -0.4 is 0 Å². The molecule has 1 radical (unpaired) electrons. The van der Waals surface area contributed by atoms with Gasteiger partial charge in [0.05, 0.1) is 28.0 Å². The molecule has 5 heterocycles. The molecule has 7 nitrogen and oxygen atoms in total. The Kier molecular flexibility index (Phi) is 11.6. The number of rotatable bonds is 6. The summed E-state index contributed by atoms with van der Waals surface area (Å²) >= 11 is 0. The van der Waals surface area contributed by atoms with E-state index >= 15 is 0 Å². The van der Waals surface area contributed by atoms with E-state index in [0.29, 0.717) is 44.7 Å². The number of nitrogens with zero attached hydrogens (tertiary/aromatic N) is 5. The van der Waals surface area contributed by atoms with E-state index in [-0.39, 0.29) is 48.8 Å². The number of pyridine rings is 2. The van der Waals surface area contributed by atoms with Crippen molar-refractivity contribution < 1.29 is 33.1 Å².